The zero-order chi connectivity index (χ0) is 10.3. The van der Waals surface area contributed by atoms with Crippen LogP contribution in [-0.4, -0.2) is 42.1 Å². The molecule has 0 aliphatic carbocycles. The Morgan fingerprint density at radius 3 is 2.46 bits per heavy atom. The summed E-state index contributed by atoms with van der Waals surface area (Å²) in [6.45, 7) is -0.0882. The molecule has 4 N–H and O–H groups in total. The van der Waals surface area contributed by atoms with Crippen molar-refractivity contribution in [1.29, 1.82) is 0 Å². The molecule has 0 spiro atoms. The normalized spacial score (nSPS) is 12.9. The van der Waals surface area contributed by atoms with E-state index in [0.717, 1.165) is 0 Å². The molecule has 0 radical (unpaired) electrons. The molecular formula is C6H13NO5S. The molecule has 0 unspecified atom stereocenters. The minimum atomic E-state index is -3.92. The first kappa shape index (κ1) is 12.2. The van der Waals surface area contributed by atoms with Crippen LogP contribution in [0.5, 0.6) is 0 Å². The third-order valence-electron chi connectivity index (χ3n) is 1.26. The molecule has 0 saturated heterocycles. The Morgan fingerprint density at radius 2 is 2.08 bits per heavy atom. The topological polar surface area (TPSA) is 107 Å². The highest BCUT2D eigenvalue weighted by atomic mass is 32.2. The van der Waals surface area contributed by atoms with E-state index in [9.17, 15) is 8.42 Å². The second-order valence-electron chi connectivity index (χ2n) is 2.38. The maximum absolute atomic E-state index is 10.2. The van der Waals surface area contributed by atoms with Crippen LogP contribution in [0.4, 0.5) is 0 Å². The van der Waals surface area contributed by atoms with Crippen LogP contribution in [0.25, 0.3) is 0 Å². The summed E-state index contributed by atoms with van der Waals surface area (Å²) in [6.07, 6.45) is 0.906. The van der Waals surface area contributed by atoms with Crippen LogP contribution in [0.15, 0.2) is 12.0 Å². The lowest BCUT2D eigenvalue weighted by atomic mass is 10.4. The van der Waals surface area contributed by atoms with E-state index in [1.807, 2.05) is 0 Å². The Bertz CT molecular complexity index is 258. The molecule has 13 heavy (non-hydrogen) atoms. The first-order valence-corrected chi connectivity index (χ1v) is 5.23. The molecule has 6 nitrogen and oxygen atoms in total. The van der Waals surface area contributed by atoms with E-state index in [4.69, 9.17) is 14.8 Å². The van der Waals surface area contributed by atoms with Crippen molar-refractivity contribution in [3.63, 3.8) is 0 Å². The van der Waals surface area contributed by atoms with Gasteiger partial charge in [0.1, 0.15) is 6.26 Å². The van der Waals surface area contributed by atoms with Crippen molar-refractivity contribution >= 4 is 10.1 Å². The van der Waals surface area contributed by atoms with Crippen molar-refractivity contribution in [1.82, 2.24) is 5.32 Å². The van der Waals surface area contributed by atoms with Crippen molar-refractivity contribution in [3.8, 4) is 0 Å². The number of nitrogens with one attached hydrogen (secondary N) is 1. The summed E-state index contributed by atoms with van der Waals surface area (Å²) in [7, 11) is -3.92. The van der Waals surface area contributed by atoms with Gasteiger partial charge in [0.2, 0.25) is 0 Å². The number of hydrogen-bond donors (Lipinski definition) is 4. The molecule has 0 saturated carbocycles. The summed E-state index contributed by atoms with van der Waals surface area (Å²) in [6, 6.07) is 0. The fourth-order valence-electron chi connectivity index (χ4n) is 0.646. The van der Waals surface area contributed by atoms with Gasteiger partial charge >= 0.3 is 0 Å². The van der Waals surface area contributed by atoms with Gasteiger partial charge in [-0.1, -0.05) is 0 Å². The number of rotatable bonds is 6. The van der Waals surface area contributed by atoms with E-state index in [1.54, 1.807) is 0 Å². The molecule has 78 valence electrons. The van der Waals surface area contributed by atoms with E-state index in [-0.39, 0.29) is 31.0 Å². The summed E-state index contributed by atoms with van der Waals surface area (Å²) in [5.74, 6) is -0.343. The van der Waals surface area contributed by atoms with Gasteiger partial charge in [-0.25, -0.2) is 0 Å². The third-order valence-corrected chi connectivity index (χ3v) is 2.06. The third kappa shape index (κ3) is 7.57. The molecule has 0 fully saturated rings. The fourth-order valence-corrected chi connectivity index (χ4v) is 1.16. The Morgan fingerprint density at radius 1 is 1.46 bits per heavy atom. The zero-order valence-corrected chi connectivity index (χ0v) is 7.79. The number of aliphatic hydroxyl groups is 2. The van der Waals surface area contributed by atoms with E-state index < -0.39 is 10.1 Å². The number of hydrogen-bond acceptors (Lipinski definition) is 5. The maximum Gasteiger partial charge on any atom is 0.264 e. The van der Waals surface area contributed by atoms with Gasteiger partial charge in [-0.3, -0.25) is 4.55 Å². The summed E-state index contributed by atoms with van der Waals surface area (Å²) in [5.41, 5.74) is 0.204. The summed E-state index contributed by atoms with van der Waals surface area (Å²) in [4.78, 5) is 0. The molecule has 0 bridgehead atoms. The predicted octanol–water partition coefficient (Wildman–Crippen LogP) is -0.754. The number of aliphatic hydroxyl groups excluding tert-OH is 2. The van der Waals surface area contributed by atoms with Gasteiger partial charge < -0.3 is 15.5 Å². The maximum atomic E-state index is 10.2. The van der Waals surface area contributed by atoms with Crippen LogP contribution < -0.4 is 5.32 Å². The van der Waals surface area contributed by atoms with Crippen LogP contribution >= 0.6 is 0 Å². The van der Waals surface area contributed by atoms with Crippen molar-refractivity contribution in [2.75, 3.05) is 18.9 Å². The SMILES string of the molecule is O=S(=O)(O)CCCN/C(=C\O)CO. The Labute approximate surface area is 76.6 Å². The molecule has 0 aliphatic heterocycles. The van der Waals surface area contributed by atoms with Crippen LogP contribution in [0.1, 0.15) is 6.42 Å². The molecule has 0 aromatic rings. The lowest BCUT2D eigenvalue weighted by Gasteiger charge is -2.05. The van der Waals surface area contributed by atoms with Gasteiger partial charge in [0.15, 0.2) is 0 Å². The standard InChI is InChI=1S/C6H13NO5S/c8-4-6(5-9)7-2-1-3-13(10,11)12/h4,7-9H,1-3,5H2,(H,10,11,12)/b6-4-. The second kappa shape index (κ2) is 5.79. The molecule has 0 aromatic carbocycles. The predicted molar refractivity (Wildman–Crippen MR) is 46.8 cm³/mol. The van der Waals surface area contributed by atoms with E-state index in [0.29, 0.717) is 6.26 Å². The summed E-state index contributed by atoms with van der Waals surface area (Å²) >= 11 is 0. The molecule has 0 heterocycles. The van der Waals surface area contributed by atoms with Gasteiger partial charge in [-0.15, -0.1) is 0 Å². The van der Waals surface area contributed by atoms with Gasteiger partial charge in [-0.05, 0) is 6.42 Å². The monoisotopic (exact) mass is 211 g/mol. The first-order valence-electron chi connectivity index (χ1n) is 3.62. The molecule has 7 heteroatoms. The summed E-state index contributed by atoms with van der Waals surface area (Å²) in [5, 5.41) is 19.5. The van der Waals surface area contributed by atoms with Crippen molar-refractivity contribution < 1.29 is 23.2 Å². The first-order chi connectivity index (χ1) is 5.99. The van der Waals surface area contributed by atoms with Gasteiger partial charge in [0.05, 0.1) is 18.1 Å². The van der Waals surface area contributed by atoms with Crippen LogP contribution in [-0.2, 0) is 10.1 Å². The average Bonchev–Trinajstić information content (AvgIpc) is 2.03. The van der Waals surface area contributed by atoms with Gasteiger partial charge in [0, 0.05) is 6.54 Å². The van der Waals surface area contributed by atoms with Crippen molar-refractivity contribution in [3.05, 3.63) is 12.0 Å². The Kier molecular flexibility index (Phi) is 5.44. The molecule has 0 aromatic heterocycles. The van der Waals surface area contributed by atoms with Crippen LogP contribution in [0.2, 0.25) is 0 Å². The highest BCUT2D eigenvalue weighted by Gasteiger charge is 2.03. The van der Waals surface area contributed by atoms with E-state index in [2.05, 4.69) is 5.32 Å². The smallest absolute Gasteiger partial charge is 0.264 e. The summed E-state index contributed by atoms with van der Waals surface area (Å²) < 4.78 is 28.8. The Balaban J connectivity index is 3.58. The van der Waals surface area contributed by atoms with Crippen LogP contribution in [0, 0.1) is 0 Å². The van der Waals surface area contributed by atoms with E-state index in [1.165, 1.54) is 0 Å². The lowest BCUT2D eigenvalue weighted by Crippen LogP contribution is -2.20. The van der Waals surface area contributed by atoms with Crippen LogP contribution in [0.3, 0.4) is 0 Å². The van der Waals surface area contributed by atoms with Gasteiger partial charge in [-0.2, -0.15) is 8.42 Å². The minimum Gasteiger partial charge on any atom is -0.514 e. The zero-order valence-electron chi connectivity index (χ0n) is 6.97. The van der Waals surface area contributed by atoms with Crippen molar-refractivity contribution in [2.45, 2.75) is 6.42 Å². The molecule has 0 aliphatic rings. The molecule has 0 amide bonds. The second-order valence-corrected chi connectivity index (χ2v) is 3.95. The average molecular weight is 211 g/mol. The highest BCUT2D eigenvalue weighted by molar-refractivity contribution is 7.85. The lowest BCUT2D eigenvalue weighted by molar-refractivity contribution is 0.312. The quantitative estimate of drug-likeness (QED) is 0.261. The van der Waals surface area contributed by atoms with Crippen molar-refractivity contribution in [2.24, 2.45) is 0 Å². The largest absolute Gasteiger partial charge is 0.514 e. The minimum absolute atomic E-state index is 0.204. The van der Waals surface area contributed by atoms with E-state index >= 15 is 0 Å². The molecule has 0 atom stereocenters. The molecule has 0 rings (SSSR count). The fraction of sp³-hybridized carbons (Fsp3) is 0.667. The molecular weight excluding hydrogens is 198 g/mol. The van der Waals surface area contributed by atoms with Gasteiger partial charge in [0.25, 0.3) is 10.1 Å². The highest BCUT2D eigenvalue weighted by Crippen LogP contribution is 1.89. The Hall–Kier alpha value is -0.790.